The van der Waals surface area contributed by atoms with Crippen LogP contribution in [0.2, 0.25) is 0 Å². The van der Waals surface area contributed by atoms with Crippen LogP contribution < -0.4 is 0 Å². The lowest BCUT2D eigenvalue weighted by Crippen LogP contribution is -1.88. The van der Waals surface area contributed by atoms with Crippen LogP contribution in [0.15, 0.2) is 0 Å². The van der Waals surface area contributed by atoms with Crippen LogP contribution in [0.1, 0.15) is 11.4 Å². The van der Waals surface area contributed by atoms with Gasteiger partial charge in [0.25, 0.3) is 0 Å². The number of aromatic nitrogens is 2. The van der Waals surface area contributed by atoms with Crippen LogP contribution in [0.4, 0.5) is 0 Å². The van der Waals surface area contributed by atoms with Gasteiger partial charge >= 0.3 is 0 Å². The van der Waals surface area contributed by atoms with Gasteiger partial charge in [0.1, 0.15) is 20.6 Å². The van der Waals surface area contributed by atoms with Gasteiger partial charge in [-0.1, -0.05) is 0 Å². The molecule has 1 rings (SSSR count). The van der Waals surface area contributed by atoms with Gasteiger partial charge < -0.3 is 4.33 Å². The Balaban J connectivity index is 3.34. The van der Waals surface area contributed by atoms with Gasteiger partial charge in [0.15, 0.2) is 11.4 Å². The Hall–Kier alpha value is -1.38. The molecule has 0 saturated carbocycles. The lowest BCUT2D eigenvalue weighted by Gasteiger charge is -1.85. The summed E-state index contributed by atoms with van der Waals surface area (Å²) in [6.07, 6.45) is 0. The molecule has 0 amide bonds. The van der Waals surface area contributed by atoms with Crippen molar-refractivity contribution in [3.8, 4) is 12.1 Å². The highest BCUT2D eigenvalue weighted by molar-refractivity contribution is 7.21. The fourth-order valence-electron chi connectivity index (χ4n) is 0.558. The summed E-state index contributed by atoms with van der Waals surface area (Å²) in [4.78, 5) is 0. The molecule has 0 aliphatic rings. The van der Waals surface area contributed by atoms with Gasteiger partial charge in [-0.15, -0.1) is 0 Å². The van der Waals surface area contributed by atoms with Gasteiger partial charge in [-0.2, -0.15) is 15.3 Å². The zero-order chi connectivity index (χ0) is 7.56. The molecule has 0 spiro atoms. The van der Waals surface area contributed by atoms with Crippen molar-refractivity contribution >= 4 is 8.51 Å². The molecule has 0 atom stereocenters. The first-order valence-electron chi connectivity index (χ1n) is 2.49. The lowest BCUT2D eigenvalue weighted by molar-refractivity contribution is 1.00. The Morgan fingerprint density at radius 2 is 2.20 bits per heavy atom. The van der Waals surface area contributed by atoms with Crippen molar-refractivity contribution in [1.29, 1.82) is 10.5 Å². The topological polar surface area (TPSA) is 65.4 Å². The van der Waals surface area contributed by atoms with E-state index in [2.05, 4.69) is 4.75 Å². The summed E-state index contributed by atoms with van der Waals surface area (Å²) < 4.78 is 5.39. The van der Waals surface area contributed by atoms with E-state index in [0.29, 0.717) is 14.2 Å². The van der Waals surface area contributed by atoms with Crippen molar-refractivity contribution in [2.45, 2.75) is 0 Å². The second-order valence-corrected chi connectivity index (χ2v) is 2.61. The molecule has 0 unspecified atom stereocenters. The van der Waals surface area contributed by atoms with E-state index in [1.54, 1.807) is 11.4 Å². The van der Waals surface area contributed by atoms with E-state index in [4.69, 9.17) is 10.5 Å². The van der Waals surface area contributed by atoms with Crippen LogP contribution >= 0.6 is 8.51 Å². The summed E-state index contributed by atoms with van der Waals surface area (Å²) in [6, 6.07) is 3.73. The van der Waals surface area contributed by atoms with Crippen molar-refractivity contribution in [2.24, 2.45) is 7.05 Å². The fourth-order valence-corrected chi connectivity index (χ4v) is 1.15. The van der Waals surface area contributed by atoms with Crippen LogP contribution in [0, 0.1) is 22.7 Å². The Morgan fingerprint density at radius 1 is 1.50 bits per heavy atom. The maximum atomic E-state index is 8.47. The van der Waals surface area contributed by atoms with Gasteiger partial charge in [0.2, 0.25) is 0 Å². The third-order valence-corrected chi connectivity index (χ3v) is 1.80. The highest BCUT2D eigenvalue weighted by Gasteiger charge is 2.05. The van der Waals surface area contributed by atoms with Crippen LogP contribution in [0.3, 0.4) is 0 Å². The number of aryl methyl sites for hydroxylation is 1. The van der Waals surface area contributed by atoms with E-state index >= 15 is 0 Å². The molecule has 0 bridgehead atoms. The lowest BCUT2D eigenvalue weighted by atomic mass is 10.4. The normalized spacial score (nSPS) is 9.10. The zero-order valence-electron chi connectivity index (χ0n) is 5.24. The first kappa shape index (κ1) is 6.74. The standard InChI is InChI=1S/C5H3N4P/c1-9-5(3-7)4(2-6)8-10-9/h1H3. The molecule has 5 heteroatoms. The molecule has 0 aliphatic carbocycles. The Kier molecular flexibility index (Phi) is 1.67. The maximum absolute atomic E-state index is 8.47. The minimum absolute atomic E-state index is 0.228. The number of rotatable bonds is 0. The quantitative estimate of drug-likeness (QED) is 0.547. The van der Waals surface area contributed by atoms with Crippen LogP contribution in [0.25, 0.3) is 0 Å². The molecule has 0 radical (unpaired) electrons. The minimum Gasteiger partial charge on any atom is -0.301 e. The third-order valence-electron chi connectivity index (χ3n) is 1.04. The fraction of sp³-hybridized carbons (Fsp3) is 0.200. The monoisotopic (exact) mass is 150 g/mol. The second kappa shape index (κ2) is 2.47. The maximum Gasteiger partial charge on any atom is 0.181 e. The van der Waals surface area contributed by atoms with E-state index in [9.17, 15) is 0 Å². The van der Waals surface area contributed by atoms with Crippen LogP contribution in [0.5, 0.6) is 0 Å². The zero-order valence-corrected chi connectivity index (χ0v) is 6.13. The summed E-state index contributed by atoms with van der Waals surface area (Å²) in [5.74, 6) is 0. The van der Waals surface area contributed by atoms with Gasteiger partial charge in [-0.3, -0.25) is 0 Å². The molecular weight excluding hydrogens is 147 g/mol. The van der Waals surface area contributed by atoms with Gasteiger partial charge in [0, 0.05) is 7.05 Å². The molecule has 1 heterocycles. The molecular formula is C5H3N4P. The summed E-state index contributed by atoms with van der Waals surface area (Å²) in [6.45, 7) is 0. The third kappa shape index (κ3) is 0.857. The SMILES string of the molecule is Cn1pnc(C#N)c1C#N. The molecule has 4 nitrogen and oxygen atoms in total. The van der Waals surface area contributed by atoms with E-state index in [0.717, 1.165) is 0 Å². The average Bonchev–Trinajstić information content (AvgIpc) is 2.30. The molecule has 10 heavy (non-hydrogen) atoms. The molecule has 1 aromatic heterocycles. The largest absolute Gasteiger partial charge is 0.301 e. The summed E-state index contributed by atoms with van der Waals surface area (Å²) in [5.41, 5.74) is 0.579. The number of hydrogen-bond acceptors (Lipinski definition) is 3. The molecule has 0 N–H and O–H groups in total. The van der Waals surface area contributed by atoms with Crippen molar-refractivity contribution in [2.75, 3.05) is 0 Å². The average molecular weight is 150 g/mol. The van der Waals surface area contributed by atoms with Crippen molar-refractivity contribution in [3.05, 3.63) is 11.4 Å². The van der Waals surface area contributed by atoms with Crippen molar-refractivity contribution in [3.63, 3.8) is 0 Å². The smallest absolute Gasteiger partial charge is 0.181 e. The van der Waals surface area contributed by atoms with E-state index in [-0.39, 0.29) is 5.69 Å². The molecule has 48 valence electrons. The first-order valence-corrected chi connectivity index (χ1v) is 3.29. The molecule has 0 fully saturated rings. The summed E-state index contributed by atoms with van der Waals surface area (Å²) in [5, 5.41) is 16.9. The van der Waals surface area contributed by atoms with E-state index in [1.165, 1.54) is 0 Å². The summed E-state index contributed by atoms with van der Waals surface area (Å²) in [7, 11) is 2.37. The van der Waals surface area contributed by atoms with E-state index < -0.39 is 0 Å². The second-order valence-electron chi connectivity index (χ2n) is 1.63. The molecule has 1 aromatic rings. The van der Waals surface area contributed by atoms with Crippen LogP contribution in [-0.4, -0.2) is 9.08 Å². The van der Waals surface area contributed by atoms with Gasteiger partial charge in [-0.05, 0) is 0 Å². The molecule has 0 aromatic carbocycles. The van der Waals surface area contributed by atoms with Gasteiger partial charge in [-0.25, -0.2) is 0 Å². The Morgan fingerprint density at radius 3 is 2.60 bits per heavy atom. The Labute approximate surface area is 59.6 Å². The minimum atomic E-state index is 0.228. The number of nitriles is 2. The highest BCUT2D eigenvalue weighted by Crippen LogP contribution is 2.09. The summed E-state index contributed by atoms with van der Waals surface area (Å²) >= 11 is 0. The number of nitrogens with zero attached hydrogens (tertiary/aromatic N) is 4. The molecule has 0 saturated heterocycles. The molecule has 0 aliphatic heterocycles. The van der Waals surface area contributed by atoms with Crippen molar-refractivity contribution < 1.29 is 0 Å². The predicted octanol–water partition coefficient (Wildman–Crippen LogP) is 0.744. The predicted molar refractivity (Wildman–Crippen MR) is 35.2 cm³/mol. The number of hydrogen-bond donors (Lipinski definition) is 0. The van der Waals surface area contributed by atoms with E-state index in [1.807, 2.05) is 12.1 Å². The highest BCUT2D eigenvalue weighted by atomic mass is 31.1. The van der Waals surface area contributed by atoms with Crippen molar-refractivity contribution in [1.82, 2.24) is 9.08 Å². The van der Waals surface area contributed by atoms with Crippen LogP contribution in [-0.2, 0) is 7.05 Å². The first-order chi connectivity index (χ1) is 4.79. The van der Waals surface area contributed by atoms with Gasteiger partial charge in [0.05, 0.1) is 0 Å². The Bertz CT molecular complexity index is 326.